The first-order chi connectivity index (χ1) is 3.00. The molecule has 4 heteroatoms. The van der Waals surface area contributed by atoms with E-state index in [-0.39, 0.29) is 49.4 Å². The first-order valence-corrected chi connectivity index (χ1v) is 0.671. The summed E-state index contributed by atoms with van der Waals surface area (Å²) in [5, 5.41) is 18.8. The van der Waals surface area contributed by atoms with Crippen LogP contribution in [0.4, 0.5) is 0 Å². The molecule has 3 nitrogen and oxygen atoms in total. The van der Waals surface area contributed by atoms with E-state index in [0.29, 0.717) is 0 Å². The SMILES string of the molecule is [C-]#N.[C-]#N.[C-]#N.[Eu+3]. The van der Waals surface area contributed by atoms with Gasteiger partial charge in [-0.2, -0.15) is 0 Å². The molecular weight excluding hydrogens is 230 g/mol. The summed E-state index contributed by atoms with van der Waals surface area (Å²) in [4.78, 5) is 0. The molecule has 7 heavy (non-hydrogen) atoms. The second-order valence-corrected chi connectivity index (χ2v) is 0. The van der Waals surface area contributed by atoms with Crippen LogP contribution in [0.2, 0.25) is 0 Å². The molecule has 0 amide bonds. The van der Waals surface area contributed by atoms with Gasteiger partial charge in [0.05, 0.1) is 0 Å². The van der Waals surface area contributed by atoms with Crippen molar-refractivity contribution in [1.29, 1.82) is 15.8 Å². The predicted octanol–water partition coefficient (Wildman–Crippen LogP) is 0.289. The molecule has 0 heterocycles. The molecular formula is C3EuN3. The normalized spacial score (nSPS) is 0.857. The Kier molecular flexibility index (Phi) is 207000. The number of rotatable bonds is 0. The van der Waals surface area contributed by atoms with Crippen LogP contribution >= 0.6 is 0 Å². The van der Waals surface area contributed by atoms with Crippen molar-refractivity contribution >= 4 is 0 Å². The van der Waals surface area contributed by atoms with Crippen LogP contribution in [-0.2, 0) is 0 Å². The molecule has 0 N–H and O–H groups in total. The summed E-state index contributed by atoms with van der Waals surface area (Å²) in [6, 6.07) is 0. The van der Waals surface area contributed by atoms with Crippen LogP contribution in [0.15, 0.2) is 0 Å². The Hall–Kier alpha value is 0.0544. The Labute approximate surface area is 83.7 Å². The molecule has 0 rings (SSSR count). The van der Waals surface area contributed by atoms with E-state index in [2.05, 4.69) is 0 Å². The quantitative estimate of drug-likeness (QED) is 0.561. The van der Waals surface area contributed by atoms with Gasteiger partial charge in [-0.3, -0.25) is 0 Å². The van der Waals surface area contributed by atoms with Crippen molar-refractivity contribution in [2.45, 2.75) is 0 Å². The molecule has 0 aromatic carbocycles. The zero-order chi connectivity index (χ0) is 6.00. The minimum absolute atomic E-state index is 0. The molecule has 0 atom stereocenters. The summed E-state index contributed by atoms with van der Waals surface area (Å²) in [5.41, 5.74) is 0. The molecule has 0 saturated carbocycles. The summed E-state index contributed by atoms with van der Waals surface area (Å²) in [6.45, 7) is 14.2. The maximum Gasteiger partial charge on any atom is 3.00 e. The molecule has 0 fully saturated rings. The van der Waals surface area contributed by atoms with E-state index in [1.54, 1.807) is 0 Å². The van der Waals surface area contributed by atoms with Gasteiger partial charge in [0.2, 0.25) is 0 Å². The van der Waals surface area contributed by atoms with Crippen LogP contribution in [0.5, 0.6) is 0 Å². The molecule has 0 aromatic heterocycles. The van der Waals surface area contributed by atoms with Crippen molar-refractivity contribution < 1.29 is 49.4 Å². The second kappa shape index (κ2) is 52200. The first kappa shape index (κ1) is 27.7. The summed E-state index contributed by atoms with van der Waals surface area (Å²) in [6.07, 6.45) is 0. The predicted molar refractivity (Wildman–Crippen MR) is 14.9 cm³/mol. The van der Waals surface area contributed by atoms with E-state index >= 15 is 0 Å². The van der Waals surface area contributed by atoms with Crippen LogP contribution in [0.25, 0.3) is 0 Å². The van der Waals surface area contributed by atoms with Gasteiger partial charge in [-0.15, -0.1) is 0 Å². The van der Waals surface area contributed by atoms with Gasteiger partial charge in [0.1, 0.15) is 0 Å². The van der Waals surface area contributed by atoms with Gasteiger partial charge in [0.25, 0.3) is 0 Å². The molecule has 0 spiro atoms. The minimum atomic E-state index is 0. The van der Waals surface area contributed by atoms with E-state index in [0.717, 1.165) is 0 Å². The fourth-order valence-corrected chi connectivity index (χ4v) is 0. The maximum absolute atomic E-state index is 6.25. The Morgan fingerprint density at radius 1 is 0.571 bits per heavy atom. The summed E-state index contributed by atoms with van der Waals surface area (Å²) < 4.78 is 0. The molecule has 0 aliphatic rings. The minimum Gasteiger partial charge on any atom is -0.512 e. The topological polar surface area (TPSA) is 71.4 Å². The number of hydrogen-bond donors (Lipinski definition) is 0. The molecule has 0 unspecified atom stereocenters. The molecule has 0 aromatic rings. The molecule has 34 valence electrons. The average Bonchev–Trinajstić information content (AvgIpc) is 1.81. The summed E-state index contributed by atoms with van der Waals surface area (Å²) >= 11 is 0. The first-order valence-electron chi connectivity index (χ1n) is 0.671. The third-order valence-electron chi connectivity index (χ3n) is 0. The van der Waals surface area contributed by atoms with Crippen molar-refractivity contribution in [3.8, 4) is 0 Å². The molecule has 0 aliphatic carbocycles. The van der Waals surface area contributed by atoms with Crippen molar-refractivity contribution in [2.75, 3.05) is 0 Å². The van der Waals surface area contributed by atoms with E-state index in [4.69, 9.17) is 35.5 Å². The van der Waals surface area contributed by atoms with Crippen LogP contribution in [-0.4, -0.2) is 0 Å². The van der Waals surface area contributed by atoms with E-state index in [1.807, 2.05) is 0 Å². The molecule has 0 bridgehead atoms. The van der Waals surface area contributed by atoms with Gasteiger partial charge < -0.3 is 35.5 Å². The molecule has 0 saturated heterocycles. The van der Waals surface area contributed by atoms with Gasteiger partial charge in [-0.1, -0.05) is 0 Å². The van der Waals surface area contributed by atoms with Crippen molar-refractivity contribution in [3.63, 3.8) is 0 Å². The Balaban J connectivity index is -0.00000000900. The van der Waals surface area contributed by atoms with E-state index in [9.17, 15) is 0 Å². The fourth-order valence-electron chi connectivity index (χ4n) is 0. The van der Waals surface area contributed by atoms with Crippen LogP contribution < -0.4 is 0 Å². The fraction of sp³-hybridized carbons (Fsp3) is 0. The van der Waals surface area contributed by atoms with Gasteiger partial charge in [-0.25, -0.2) is 0 Å². The number of nitrogens with zero attached hydrogens (tertiary/aromatic N) is 3. The maximum atomic E-state index is 6.25. The van der Waals surface area contributed by atoms with Crippen LogP contribution in [0.3, 0.4) is 0 Å². The third kappa shape index (κ3) is 33600. The van der Waals surface area contributed by atoms with Crippen molar-refractivity contribution in [2.24, 2.45) is 0 Å². The van der Waals surface area contributed by atoms with Gasteiger partial charge in [-0.05, 0) is 0 Å². The largest absolute Gasteiger partial charge is 3.00 e. The average molecular weight is 230 g/mol. The van der Waals surface area contributed by atoms with Crippen molar-refractivity contribution in [3.05, 3.63) is 19.7 Å². The Morgan fingerprint density at radius 2 is 0.571 bits per heavy atom. The number of hydrogen-bond acceptors (Lipinski definition) is 3. The van der Waals surface area contributed by atoms with Crippen molar-refractivity contribution in [1.82, 2.24) is 0 Å². The smallest absolute Gasteiger partial charge is 0.512 e. The third-order valence-corrected chi connectivity index (χ3v) is 0. The van der Waals surface area contributed by atoms with E-state index < -0.39 is 0 Å². The van der Waals surface area contributed by atoms with Gasteiger partial charge >= 0.3 is 49.4 Å². The standard InChI is InChI=1S/3CN.Eu/c3*1-2;/q3*-1;+3. The second-order valence-electron chi connectivity index (χ2n) is 0. The zero-order valence-corrected chi connectivity index (χ0v) is 5.64. The summed E-state index contributed by atoms with van der Waals surface area (Å²) in [5.74, 6) is 0. The van der Waals surface area contributed by atoms with Crippen LogP contribution in [0.1, 0.15) is 0 Å². The summed E-state index contributed by atoms with van der Waals surface area (Å²) in [7, 11) is 0. The van der Waals surface area contributed by atoms with E-state index in [1.165, 1.54) is 0 Å². The van der Waals surface area contributed by atoms with Gasteiger partial charge in [0.15, 0.2) is 0 Å². The molecule has 0 radical (unpaired) electrons. The monoisotopic (exact) mass is 231 g/mol. The Bertz CT molecular complexity index is 38.7. The van der Waals surface area contributed by atoms with Crippen LogP contribution in [0, 0.1) is 84.9 Å². The Morgan fingerprint density at radius 3 is 0.571 bits per heavy atom. The molecule has 0 aliphatic heterocycles. The zero-order valence-electron chi connectivity index (χ0n) is 3.22. The van der Waals surface area contributed by atoms with Gasteiger partial charge in [0, 0.05) is 0 Å².